The number of methoxy groups -OCH3 is 1. The van der Waals surface area contributed by atoms with Crippen LogP contribution in [0.1, 0.15) is 5.56 Å². The Morgan fingerprint density at radius 3 is 2.46 bits per heavy atom. The summed E-state index contributed by atoms with van der Waals surface area (Å²) in [4.78, 5) is 0. The van der Waals surface area contributed by atoms with Gasteiger partial charge in [-0.05, 0) is 31.2 Å². The van der Waals surface area contributed by atoms with Crippen molar-refractivity contribution in [3.63, 3.8) is 0 Å². The molecule has 72 valence electrons. The summed E-state index contributed by atoms with van der Waals surface area (Å²) >= 11 is 0. The van der Waals surface area contributed by atoms with E-state index in [9.17, 15) is 0 Å². The van der Waals surface area contributed by atoms with Crippen molar-refractivity contribution in [1.82, 2.24) is 10.9 Å². The standard InChI is InChI=1S/C10H16N2O/c1-11-12-8-7-9-3-5-10(13-2)6-4-9/h3-6,11-12H,7-8H2,1-2H3. The number of hydrogen-bond donors (Lipinski definition) is 2. The lowest BCUT2D eigenvalue weighted by atomic mass is 10.1. The molecule has 0 amide bonds. The van der Waals surface area contributed by atoms with Gasteiger partial charge in [0.15, 0.2) is 0 Å². The first-order valence-corrected chi connectivity index (χ1v) is 4.39. The van der Waals surface area contributed by atoms with Gasteiger partial charge in [0.05, 0.1) is 7.11 Å². The molecule has 0 spiro atoms. The SMILES string of the molecule is CNNCCc1ccc(OC)cc1. The van der Waals surface area contributed by atoms with Gasteiger partial charge in [-0.25, -0.2) is 0 Å². The average Bonchev–Trinajstić information content (AvgIpc) is 2.19. The molecule has 2 N–H and O–H groups in total. The lowest BCUT2D eigenvalue weighted by Crippen LogP contribution is -2.29. The third kappa shape index (κ3) is 3.44. The summed E-state index contributed by atoms with van der Waals surface area (Å²) in [5, 5.41) is 0. The van der Waals surface area contributed by atoms with Crippen molar-refractivity contribution >= 4 is 0 Å². The summed E-state index contributed by atoms with van der Waals surface area (Å²) in [6, 6.07) is 8.12. The van der Waals surface area contributed by atoms with Crippen LogP contribution in [0.3, 0.4) is 0 Å². The molecule has 0 unspecified atom stereocenters. The molecule has 0 aromatic heterocycles. The van der Waals surface area contributed by atoms with E-state index in [1.165, 1.54) is 5.56 Å². The smallest absolute Gasteiger partial charge is 0.118 e. The third-order valence-corrected chi connectivity index (χ3v) is 1.87. The fraction of sp³-hybridized carbons (Fsp3) is 0.400. The van der Waals surface area contributed by atoms with E-state index in [4.69, 9.17) is 4.74 Å². The molecule has 13 heavy (non-hydrogen) atoms. The lowest BCUT2D eigenvalue weighted by molar-refractivity contribution is 0.414. The zero-order chi connectivity index (χ0) is 9.52. The van der Waals surface area contributed by atoms with E-state index < -0.39 is 0 Å². The predicted molar refractivity (Wildman–Crippen MR) is 53.8 cm³/mol. The van der Waals surface area contributed by atoms with E-state index >= 15 is 0 Å². The molecule has 1 aromatic carbocycles. The van der Waals surface area contributed by atoms with Gasteiger partial charge in [0.1, 0.15) is 5.75 Å². The van der Waals surface area contributed by atoms with Gasteiger partial charge in [-0.15, -0.1) is 0 Å². The van der Waals surface area contributed by atoms with Crippen LogP contribution in [0.2, 0.25) is 0 Å². The van der Waals surface area contributed by atoms with Crippen LogP contribution in [-0.2, 0) is 6.42 Å². The summed E-state index contributed by atoms with van der Waals surface area (Å²) in [5.41, 5.74) is 7.24. The zero-order valence-electron chi connectivity index (χ0n) is 8.13. The summed E-state index contributed by atoms with van der Waals surface area (Å²) < 4.78 is 5.07. The van der Waals surface area contributed by atoms with Crippen molar-refractivity contribution in [1.29, 1.82) is 0 Å². The second-order valence-electron chi connectivity index (χ2n) is 2.77. The van der Waals surface area contributed by atoms with E-state index in [2.05, 4.69) is 23.0 Å². The van der Waals surface area contributed by atoms with Crippen molar-refractivity contribution in [2.75, 3.05) is 20.7 Å². The maximum absolute atomic E-state index is 5.07. The van der Waals surface area contributed by atoms with Crippen molar-refractivity contribution in [3.05, 3.63) is 29.8 Å². The first-order valence-electron chi connectivity index (χ1n) is 4.39. The van der Waals surface area contributed by atoms with Crippen molar-refractivity contribution in [2.45, 2.75) is 6.42 Å². The largest absolute Gasteiger partial charge is 0.497 e. The topological polar surface area (TPSA) is 33.3 Å². The molecule has 0 atom stereocenters. The summed E-state index contributed by atoms with van der Waals surface area (Å²) in [6.45, 7) is 0.933. The van der Waals surface area contributed by atoms with Gasteiger partial charge in [0.25, 0.3) is 0 Å². The van der Waals surface area contributed by atoms with Crippen LogP contribution < -0.4 is 15.6 Å². The molecule has 0 heterocycles. The minimum atomic E-state index is 0.908. The Hall–Kier alpha value is -1.06. The molecule has 0 saturated carbocycles. The van der Waals surface area contributed by atoms with E-state index in [1.54, 1.807) is 7.11 Å². The molecular weight excluding hydrogens is 164 g/mol. The number of hydrogen-bond acceptors (Lipinski definition) is 3. The van der Waals surface area contributed by atoms with Crippen LogP contribution >= 0.6 is 0 Å². The maximum atomic E-state index is 5.07. The second-order valence-corrected chi connectivity index (χ2v) is 2.77. The van der Waals surface area contributed by atoms with E-state index in [0.717, 1.165) is 18.7 Å². The van der Waals surface area contributed by atoms with Gasteiger partial charge < -0.3 is 4.74 Å². The quantitative estimate of drug-likeness (QED) is 0.523. The van der Waals surface area contributed by atoms with Crippen LogP contribution in [0.15, 0.2) is 24.3 Å². The Morgan fingerprint density at radius 2 is 1.92 bits per heavy atom. The van der Waals surface area contributed by atoms with Crippen molar-refractivity contribution < 1.29 is 4.74 Å². The minimum Gasteiger partial charge on any atom is -0.497 e. The first-order chi connectivity index (χ1) is 6.36. The number of benzene rings is 1. The molecule has 0 aliphatic heterocycles. The van der Waals surface area contributed by atoms with Crippen LogP contribution in [0, 0.1) is 0 Å². The van der Waals surface area contributed by atoms with Crippen LogP contribution in [0.4, 0.5) is 0 Å². The van der Waals surface area contributed by atoms with Gasteiger partial charge in [-0.3, -0.25) is 10.9 Å². The molecule has 3 heteroatoms. The Morgan fingerprint density at radius 1 is 1.23 bits per heavy atom. The Balaban J connectivity index is 2.40. The Labute approximate surface area is 79.1 Å². The molecule has 1 aromatic rings. The lowest BCUT2D eigenvalue weighted by Gasteiger charge is -2.04. The van der Waals surface area contributed by atoms with Gasteiger partial charge in [-0.1, -0.05) is 12.1 Å². The third-order valence-electron chi connectivity index (χ3n) is 1.87. The maximum Gasteiger partial charge on any atom is 0.118 e. The average molecular weight is 180 g/mol. The first kappa shape index (κ1) is 10.0. The molecule has 3 nitrogen and oxygen atoms in total. The predicted octanol–water partition coefficient (Wildman–Crippen LogP) is 0.962. The molecule has 0 saturated heterocycles. The summed E-state index contributed by atoms with van der Waals surface area (Å²) in [7, 11) is 3.55. The Bertz CT molecular complexity index is 233. The molecule has 1 rings (SSSR count). The number of rotatable bonds is 5. The second kappa shape index (κ2) is 5.56. The van der Waals surface area contributed by atoms with Crippen LogP contribution in [0.5, 0.6) is 5.75 Å². The van der Waals surface area contributed by atoms with Gasteiger partial charge in [-0.2, -0.15) is 0 Å². The summed E-state index contributed by atoms with van der Waals surface area (Å²) in [5.74, 6) is 0.908. The fourth-order valence-corrected chi connectivity index (χ4v) is 1.12. The van der Waals surface area contributed by atoms with E-state index in [0.29, 0.717) is 0 Å². The van der Waals surface area contributed by atoms with E-state index in [-0.39, 0.29) is 0 Å². The van der Waals surface area contributed by atoms with Crippen molar-refractivity contribution in [3.8, 4) is 5.75 Å². The molecule has 0 radical (unpaired) electrons. The monoisotopic (exact) mass is 180 g/mol. The zero-order valence-corrected chi connectivity index (χ0v) is 8.13. The molecule has 0 fully saturated rings. The highest BCUT2D eigenvalue weighted by atomic mass is 16.5. The molecule has 0 aliphatic rings. The minimum absolute atomic E-state index is 0.908. The molecular formula is C10H16N2O. The highest BCUT2D eigenvalue weighted by molar-refractivity contribution is 5.27. The van der Waals surface area contributed by atoms with E-state index in [1.807, 2.05) is 19.2 Å². The highest BCUT2D eigenvalue weighted by Crippen LogP contribution is 2.11. The van der Waals surface area contributed by atoms with Gasteiger partial charge in [0.2, 0.25) is 0 Å². The highest BCUT2D eigenvalue weighted by Gasteiger charge is 1.93. The van der Waals surface area contributed by atoms with Crippen LogP contribution in [0.25, 0.3) is 0 Å². The summed E-state index contributed by atoms with van der Waals surface area (Å²) in [6.07, 6.45) is 1.02. The molecule has 0 aliphatic carbocycles. The Kier molecular flexibility index (Phi) is 4.29. The fourth-order valence-electron chi connectivity index (χ4n) is 1.12. The number of ether oxygens (including phenoxy) is 1. The van der Waals surface area contributed by atoms with Gasteiger partial charge >= 0.3 is 0 Å². The molecule has 0 bridgehead atoms. The van der Waals surface area contributed by atoms with Crippen LogP contribution in [-0.4, -0.2) is 20.7 Å². The normalized spacial score (nSPS) is 10.0. The number of nitrogens with one attached hydrogen (secondary N) is 2. The van der Waals surface area contributed by atoms with Crippen molar-refractivity contribution in [2.24, 2.45) is 0 Å². The van der Waals surface area contributed by atoms with Gasteiger partial charge in [0, 0.05) is 6.54 Å². The number of hydrazine groups is 1.